The SMILES string of the molecule is CCNC(COC(C)C)c1cc(Cl)ccc1Cl. The number of likely N-dealkylation sites (N-methyl/N-ethyl adjacent to an activating group) is 1. The second kappa shape index (κ2) is 7.22. The van der Waals surface area contributed by atoms with Gasteiger partial charge in [-0.15, -0.1) is 0 Å². The van der Waals surface area contributed by atoms with Crippen molar-refractivity contribution in [3.05, 3.63) is 33.8 Å². The predicted molar refractivity (Wildman–Crippen MR) is 74.0 cm³/mol. The van der Waals surface area contributed by atoms with E-state index in [1.807, 2.05) is 26.0 Å². The number of ether oxygens (including phenoxy) is 1. The van der Waals surface area contributed by atoms with Gasteiger partial charge in [-0.1, -0.05) is 30.1 Å². The van der Waals surface area contributed by atoms with Crippen molar-refractivity contribution in [2.75, 3.05) is 13.2 Å². The van der Waals surface area contributed by atoms with Gasteiger partial charge >= 0.3 is 0 Å². The molecule has 2 nitrogen and oxygen atoms in total. The van der Waals surface area contributed by atoms with E-state index in [1.54, 1.807) is 6.07 Å². The molecule has 1 rings (SSSR count). The van der Waals surface area contributed by atoms with E-state index in [0.717, 1.165) is 12.1 Å². The van der Waals surface area contributed by atoms with Gasteiger partial charge in [-0.3, -0.25) is 0 Å². The maximum absolute atomic E-state index is 6.19. The van der Waals surface area contributed by atoms with Crippen LogP contribution < -0.4 is 5.32 Å². The number of benzene rings is 1. The molecule has 0 saturated carbocycles. The molecular weight excluding hydrogens is 257 g/mol. The van der Waals surface area contributed by atoms with Crippen molar-refractivity contribution < 1.29 is 4.74 Å². The molecule has 1 aromatic rings. The van der Waals surface area contributed by atoms with Crippen LogP contribution in [0, 0.1) is 0 Å². The van der Waals surface area contributed by atoms with Crippen molar-refractivity contribution in [3.8, 4) is 0 Å². The van der Waals surface area contributed by atoms with Crippen LogP contribution in [0.25, 0.3) is 0 Å². The fourth-order valence-corrected chi connectivity index (χ4v) is 2.01. The molecule has 4 heteroatoms. The molecule has 0 heterocycles. The maximum Gasteiger partial charge on any atom is 0.0665 e. The summed E-state index contributed by atoms with van der Waals surface area (Å²) < 4.78 is 5.64. The lowest BCUT2D eigenvalue weighted by Crippen LogP contribution is -2.27. The zero-order valence-electron chi connectivity index (χ0n) is 10.5. The van der Waals surface area contributed by atoms with Gasteiger partial charge in [0, 0.05) is 10.0 Å². The number of hydrogen-bond donors (Lipinski definition) is 1. The molecule has 0 bridgehead atoms. The van der Waals surface area contributed by atoms with Crippen LogP contribution >= 0.6 is 23.2 Å². The van der Waals surface area contributed by atoms with Crippen molar-refractivity contribution in [2.45, 2.75) is 32.9 Å². The highest BCUT2D eigenvalue weighted by Crippen LogP contribution is 2.26. The molecule has 1 N–H and O–H groups in total. The fourth-order valence-electron chi connectivity index (χ4n) is 1.58. The lowest BCUT2D eigenvalue weighted by molar-refractivity contribution is 0.0614. The Kier molecular flexibility index (Phi) is 6.28. The molecule has 0 aromatic heterocycles. The molecule has 0 radical (unpaired) electrons. The van der Waals surface area contributed by atoms with E-state index in [4.69, 9.17) is 27.9 Å². The minimum Gasteiger partial charge on any atom is -0.377 e. The first-order valence-electron chi connectivity index (χ1n) is 5.84. The zero-order chi connectivity index (χ0) is 12.8. The summed E-state index contributed by atoms with van der Waals surface area (Å²) in [6, 6.07) is 5.58. The first kappa shape index (κ1) is 14.8. The van der Waals surface area contributed by atoms with Gasteiger partial charge in [-0.25, -0.2) is 0 Å². The minimum absolute atomic E-state index is 0.0774. The Labute approximate surface area is 113 Å². The van der Waals surface area contributed by atoms with Gasteiger partial charge in [0.05, 0.1) is 18.8 Å². The normalized spacial score (nSPS) is 13.1. The molecule has 0 aliphatic rings. The second-order valence-electron chi connectivity index (χ2n) is 4.16. The molecule has 0 aliphatic carbocycles. The quantitative estimate of drug-likeness (QED) is 0.845. The lowest BCUT2D eigenvalue weighted by atomic mass is 10.1. The van der Waals surface area contributed by atoms with Crippen LogP contribution in [0.3, 0.4) is 0 Å². The van der Waals surface area contributed by atoms with Gasteiger partial charge in [-0.05, 0) is 44.2 Å². The van der Waals surface area contributed by atoms with E-state index in [2.05, 4.69) is 12.2 Å². The Hall–Kier alpha value is -0.280. The summed E-state index contributed by atoms with van der Waals surface area (Å²) in [6.07, 6.45) is 0.203. The third-order valence-corrected chi connectivity index (χ3v) is 2.96. The third-order valence-electron chi connectivity index (χ3n) is 2.38. The monoisotopic (exact) mass is 275 g/mol. The summed E-state index contributed by atoms with van der Waals surface area (Å²) >= 11 is 12.2. The van der Waals surface area contributed by atoms with Crippen molar-refractivity contribution in [3.63, 3.8) is 0 Å². The van der Waals surface area contributed by atoms with E-state index in [1.165, 1.54) is 0 Å². The Morgan fingerprint density at radius 2 is 2.00 bits per heavy atom. The number of nitrogens with one attached hydrogen (secondary N) is 1. The van der Waals surface area contributed by atoms with Gasteiger partial charge in [0.15, 0.2) is 0 Å². The highest BCUT2D eigenvalue weighted by molar-refractivity contribution is 6.33. The van der Waals surface area contributed by atoms with Crippen molar-refractivity contribution >= 4 is 23.2 Å². The topological polar surface area (TPSA) is 21.3 Å². The van der Waals surface area contributed by atoms with Gasteiger partial charge in [0.1, 0.15) is 0 Å². The van der Waals surface area contributed by atoms with Gasteiger partial charge in [-0.2, -0.15) is 0 Å². The summed E-state index contributed by atoms with van der Waals surface area (Å²) in [4.78, 5) is 0. The summed E-state index contributed by atoms with van der Waals surface area (Å²) in [5.41, 5.74) is 0.988. The van der Waals surface area contributed by atoms with Crippen LogP contribution in [0.15, 0.2) is 18.2 Å². The fraction of sp³-hybridized carbons (Fsp3) is 0.538. The molecule has 96 valence electrons. The van der Waals surface area contributed by atoms with Gasteiger partial charge in [0.25, 0.3) is 0 Å². The summed E-state index contributed by atoms with van der Waals surface area (Å²) in [7, 11) is 0. The molecule has 0 amide bonds. The van der Waals surface area contributed by atoms with Crippen LogP contribution in [0.2, 0.25) is 10.0 Å². The largest absolute Gasteiger partial charge is 0.377 e. The molecule has 0 aliphatic heterocycles. The minimum atomic E-state index is 0.0774. The Balaban J connectivity index is 2.84. The summed E-state index contributed by atoms with van der Waals surface area (Å²) in [5, 5.41) is 4.76. The predicted octanol–water partition coefficient (Wildman–Crippen LogP) is 4.07. The smallest absolute Gasteiger partial charge is 0.0665 e. The van der Waals surface area contributed by atoms with Crippen molar-refractivity contribution in [1.82, 2.24) is 5.32 Å². The van der Waals surface area contributed by atoms with E-state index < -0.39 is 0 Å². The highest BCUT2D eigenvalue weighted by Gasteiger charge is 2.15. The zero-order valence-corrected chi connectivity index (χ0v) is 12.0. The lowest BCUT2D eigenvalue weighted by Gasteiger charge is -2.21. The van der Waals surface area contributed by atoms with Crippen LogP contribution in [0.4, 0.5) is 0 Å². The van der Waals surface area contributed by atoms with Crippen molar-refractivity contribution in [1.29, 1.82) is 0 Å². The van der Waals surface area contributed by atoms with Gasteiger partial charge in [0.2, 0.25) is 0 Å². The first-order chi connectivity index (χ1) is 8.04. The van der Waals surface area contributed by atoms with Gasteiger partial charge < -0.3 is 10.1 Å². The van der Waals surface area contributed by atoms with Crippen LogP contribution in [0.5, 0.6) is 0 Å². The van der Waals surface area contributed by atoms with E-state index in [0.29, 0.717) is 16.7 Å². The summed E-state index contributed by atoms with van der Waals surface area (Å²) in [5.74, 6) is 0. The second-order valence-corrected chi connectivity index (χ2v) is 5.00. The highest BCUT2D eigenvalue weighted by atomic mass is 35.5. The van der Waals surface area contributed by atoms with Crippen LogP contribution in [-0.4, -0.2) is 19.3 Å². The molecular formula is C13H19Cl2NO. The maximum atomic E-state index is 6.19. The molecule has 1 atom stereocenters. The molecule has 1 aromatic carbocycles. The standard InChI is InChI=1S/C13H19Cl2NO/c1-4-16-13(8-17-9(2)3)11-7-10(14)5-6-12(11)15/h5-7,9,13,16H,4,8H2,1-3H3. The Morgan fingerprint density at radius 3 is 2.59 bits per heavy atom. The van der Waals surface area contributed by atoms with E-state index in [9.17, 15) is 0 Å². The first-order valence-corrected chi connectivity index (χ1v) is 6.60. The third kappa shape index (κ3) is 4.84. The molecule has 0 saturated heterocycles. The molecule has 0 spiro atoms. The Bertz CT molecular complexity index is 355. The van der Waals surface area contributed by atoms with Crippen LogP contribution in [-0.2, 0) is 4.74 Å². The summed E-state index contributed by atoms with van der Waals surface area (Å²) in [6.45, 7) is 7.53. The average molecular weight is 276 g/mol. The molecule has 0 fully saturated rings. The van der Waals surface area contributed by atoms with E-state index >= 15 is 0 Å². The van der Waals surface area contributed by atoms with E-state index in [-0.39, 0.29) is 12.1 Å². The number of hydrogen-bond acceptors (Lipinski definition) is 2. The van der Waals surface area contributed by atoms with Crippen LogP contribution in [0.1, 0.15) is 32.4 Å². The average Bonchev–Trinajstić information content (AvgIpc) is 2.27. The molecule has 1 unspecified atom stereocenters. The number of halogens is 2. The Morgan fingerprint density at radius 1 is 1.29 bits per heavy atom. The van der Waals surface area contributed by atoms with Crippen molar-refractivity contribution in [2.24, 2.45) is 0 Å². The molecule has 17 heavy (non-hydrogen) atoms. The number of rotatable bonds is 6.